The van der Waals surface area contributed by atoms with E-state index >= 15 is 0 Å². The van der Waals surface area contributed by atoms with E-state index in [4.69, 9.17) is 18.9 Å². The zero-order chi connectivity index (χ0) is 27.9. The second-order valence-corrected chi connectivity index (χ2v) is 10.6. The Morgan fingerprint density at radius 2 is 1.07 bits per heavy atom. The third-order valence-electron chi connectivity index (χ3n) is 7.84. The number of carbonyl (C=O) groups excluding carboxylic acids is 1. The predicted molar refractivity (Wildman–Crippen MR) is 156 cm³/mol. The highest BCUT2D eigenvalue weighted by atomic mass is 16.6. The van der Waals surface area contributed by atoms with E-state index in [2.05, 4.69) is 29.2 Å². The molecule has 2 saturated heterocycles. The maximum atomic E-state index is 13.5. The minimum absolute atomic E-state index is 0.111. The molecule has 2 aliphatic rings. The molecule has 41 heavy (non-hydrogen) atoms. The average molecular weight is 550 g/mol. The number of esters is 1. The van der Waals surface area contributed by atoms with Crippen LogP contribution in [-0.2, 0) is 43.6 Å². The van der Waals surface area contributed by atoms with Gasteiger partial charge in [-0.1, -0.05) is 121 Å². The minimum Gasteiger partial charge on any atom is -0.462 e. The monoisotopic (exact) mass is 549 g/mol. The van der Waals surface area contributed by atoms with E-state index in [0.717, 1.165) is 22.3 Å². The second-order valence-electron chi connectivity index (χ2n) is 10.6. The summed E-state index contributed by atoms with van der Waals surface area (Å²) in [4.78, 5) is 15.7. The zero-order valence-corrected chi connectivity index (χ0v) is 23.0. The summed E-state index contributed by atoms with van der Waals surface area (Å²) in [6.07, 6.45) is -1.44. The van der Waals surface area contributed by atoms with Gasteiger partial charge in [-0.3, -0.25) is 9.69 Å². The summed E-state index contributed by atoms with van der Waals surface area (Å²) >= 11 is 0. The van der Waals surface area contributed by atoms with Crippen molar-refractivity contribution in [1.82, 2.24) is 4.90 Å². The topological polar surface area (TPSA) is 57.2 Å². The largest absolute Gasteiger partial charge is 0.462 e. The van der Waals surface area contributed by atoms with E-state index in [1.165, 1.54) is 0 Å². The van der Waals surface area contributed by atoms with Crippen molar-refractivity contribution in [3.63, 3.8) is 0 Å². The van der Waals surface area contributed by atoms with Crippen molar-refractivity contribution in [2.45, 2.75) is 50.2 Å². The molecule has 0 unspecified atom stereocenters. The van der Waals surface area contributed by atoms with Gasteiger partial charge < -0.3 is 18.9 Å². The molecular weight excluding hydrogens is 514 g/mol. The van der Waals surface area contributed by atoms with E-state index < -0.39 is 18.2 Å². The van der Waals surface area contributed by atoms with Crippen molar-refractivity contribution in [2.75, 3.05) is 13.2 Å². The summed E-state index contributed by atoms with van der Waals surface area (Å²) in [6.45, 7) is 1.95. The molecule has 5 atom stereocenters. The highest BCUT2D eigenvalue weighted by Crippen LogP contribution is 2.37. The number of hydrogen-bond acceptors (Lipinski definition) is 6. The van der Waals surface area contributed by atoms with Crippen molar-refractivity contribution in [2.24, 2.45) is 0 Å². The highest BCUT2D eigenvalue weighted by molar-refractivity contribution is 5.78. The lowest BCUT2D eigenvalue weighted by molar-refractivity contribution is -0.229. The first-order valence-electron chi connectivity index (χ1n) is 14.2. The number of nitrogens with zero attached hydrogens (tertiary/aromatic N) is 1. The van der Waals surface area contributed by atoms with Gasteiger partial charge in [0.05, 0.1) is 32.0 Å². The van der Waals surface area contributed by atoms with Crippen LogP contribution in [0.2, 0.25) is 0 Å². The molecule has 0 spiro atoms. The van der Waals surface area contributed by atoms with Crippen molar-refractivity contribution in [3.05, 3.63) is 144 Å². The molecule has 2 heterocycles. The maximum Gasteiger partial charge on any atom is 0.326 e. The third kappa shape index (κ3) is 6.58. The van der Waals surface area contributed by atoms with Crippen LogP contribution >= 0.6 is 0 Å². The normalized spacial score (nSPS) is 24.4. The van der Waals surface area contributed by atoms with Gasteiger partial charge in [0.2, 0.25) is 0 Å². The van der Waals surface area contributed by atoms with Crippen molar-refractivity contribution >= 4 is 5.97 Å². The summed E-state index contributed by atoms with van der Waals surface area (Å²) in [7, 11) is 0. The predicted octanol–water partition coefficient (Wildman–Crippen LogP) is 5.72. The number of piperidine rings is 1. The Morgan fingerprint density at radius 1 is 0.610 bits per heavy atom. The Labute approximate surface area is 241 Å². The first-order chi connectivity index (χ1) is 20.3. The molecule has 4 aromatic carbocycles. The lowest BCUT2D eigenvalue weighted by Gasteiger charge is -2.51. The van der Waals surface area contributed by atoms with Crippen LogP contribution in [0, 0.1) is 0 Å². The fraction of sp³-hybridized carbons (Fsp3) is 0.286. The van der Waals surface area contributed by atoms with Crippen molar-refractivity contribution in [3.8, 4) is 0 Å². The third-order valence-corrected chi connectivity index (χ3v) is 7.84. The van der Waals surface area contributed by atoms with Gasteiger partial charge in [0.15, 0.2) is 0 Å². The summed E-state index contributed by atoms with van der Waals surface area (Å²) in [5.74, 6) is -0.287. The van der Waals surface area contributed by atoms with E-state index in [-0.39, 0.29) is 24.7 Å². The molecule has 0 amide bonds. The number of benzene rings is 4. The fourth-order valence-corrected chi connectivity index (χ4v) is 5.75. The van der Waals surface area contributed by atoms with E-state index in [9.17, 15) is 4.79 Å². The molecule has 6 heteroatoms. The van der Waals surface area contributed by atoms with Gasteiger partial charge in [0.25, 0.3) is 0 Å². The Hall–Kier alpha value is -3.81. The molecule has 2 aliphatic heterocycles. The van der Waals surface area contributed by atoms with Crippen LogP contribution in [0.5, 0.6) is 0 Å². The lowest BCUT2D eigenvalue weighted by atomic mass is 9.88. The Balaban J connectivity index is 1.34. The van der Waals surface area contributed by atoms with Crippen LogP contribution in [-0.4, -0.2) is 48.4 Å². The van der Waals surface area contributed by atoms with Crippen LogP contribution in [0.25, 0.3) is 0 Å². The molecule has 6 rings (SSSR count). The molecule has 0 radical (unpaired) electrons. The Kier molecular flexibility index (Phi) is 8.83. The first kappa shape index (κ1) is 27.4. The molecule has 2 fully saturated rings. The van der Waals surface area contributed by atoms with E-state index in [1.807, 2.05) is 97.1 Å². The van der Waals surface area contributed by atoms with Crippen molar-refractivity contribution < 1.29 is 23.7 Å². The van der Waals surface area contributed by atoms with Gasteiger partial charge in [-0.05, 0) is 22.3 Å². The van der Waals surface area contributed by atoms with Gasteiger partial charge in [0.1, 0.15) is 24.9 Å². The molecule has 0 N–H and O–H groups in total. The Bertz CT molecular complexity index is 1370. The SMILES string of the molecule is O=C1OC[C@@H](c2ccccc2)N2C[C@H](OCc3ccccc3)[C@@H](OCc3ccccc3)[C@H](OCc3ccccc3)[C@@H]12. The van der Waals surface area contributed by atoms with Crippen LogP contribution in [0.3, 0.4) is 0 Å². The number of cyclic esters (lactones) is 1. The minimum atomic E-state index is -0.630. The van der Waals surface area contributed by atoms with Gasteiger partial charge >= 0.3 is 5.97 Å². The average Bonchev–Trinajstić information content (AvgIpc) is 3.04. The van der Waals surface area contributed by atoms with E-state index in [0.29, 0.717) is 26.4 Å². The summed E-state index contributed by atoms with van der Waals surface area (Å²) in [5.41, 5.74) is 4.25. The number of ether oxygens (including phenoxy) is 4. The van der Waals surface area contributed by atoms with Crippen LogP contribution in [0.15, 0.2) is 121 Å². The van der Waals surface area contributed by atoms with Crippen molar-refractivity contribution in [1.29, 1.82) is 0 Å². The molecule has 4 aromatic rings. The second kappa shape index (κ2) is 13.2. The number of rotatable bonds is 10. The molecular formula is C35H35NO5. The number of morpholine rings is 1. The fourth-order valence-electron chi connectivity index (χ4n) is 5.75. The van der Waals surface area contributed by atoms with E-state index in [1.54, 1.807) is 0 Å². The van der Waals surface area contributed by atoms with Gasteiger partial charge in [0, 0.05) is 6.54 Å². The summed E-state index contributed by atoms with van der Waals surface area (Å²) in [6, 6.07) is 39.6. The smallest absolute Gasteiger partial charge is 0.326 e. The number of fused-ring (bicyclic) bond motifs is 1. The van der Waals surface area contributed by atoms with Crippen LogP contribution in [0.4, 0.5) is 0 Å². The summed E-state index contributed by atoms with van der Waals surface area (Å²) < 4.78 is 25.7. The standard InChI is InChI=1S/C35H35NO5/c37-35-32-34(40-24-28-17-9-3-10-18-28)33(39-23-27-15-7-2-8-16-27)31(38-22-26-13-5-1-6-14-26)21-36(32)30(25-41-35)29-19-11-4-12-20-29/h1-20,30-34H,21-25H2/t30-,31-,32-,33+,34+/m0/s1. The van der Waals surface area contributed by atoms with Gasteiger partial charge in [-0.2, -0.15) is 0 Å². The molecule has 0 bridgehead atoms. The summed E-state index contributed by atoms with van der Waals surface area (Å²) in [5, 5.41) is 0. The molecule has 0 aliphatic carbocycles. The molecule has 0 saturated carbocycles. The number of carbonyl (C=O) groups is 1. The first-order valence-corrected chi connectivity index (χ1v) is 14.2. The highest BCUT2D eigenvalue weighted by Gasteiger charge is 2.54. The lowest BCUT2D eigenvalue weighted by Crippen LogP contribution is -2.68. The van der Waals surface area contributed by atoms with Crippen LogP contribution < -0.4 is 0 Å². The quantitative estimate of drug-likeness (QED) is 0.236. The zero-order valence-electron chi connectivity index (χ0n) is 23.0. The molecule has 210 valence electrons. The Morgan fingerprint density at radius 3 is 1.61 bits per heavy atom. The maximum absolute atomic E-state index is 13.5. The molecule has 0 aromatic heterocycles. The van der Waals surface area contributed by atoms with Gasteiger partial charge in [-0.15, -0.1) is 0 Å². The van der Waals surface area contributed by atoms with Crippen LogP contribution in [0.1, 0.15) is 28.3 Å². The number of hydrogen-bond donors (Lipinski definition) is 0. The van der Waals surface area contributed by atoms with Gasteiger partial charge in [-0.25, -0.2) is 0 Å². The molecule has 6 nitrogen and oxygen atoms in total.